The van der Waals surface area contributed by atoms with Crippen LogP contribution in [0.4, 0.5) is 0 Å². The fraction of sp³-hybridized carbons (Fsp3) is 0.583. The first kappa shape index (κ1) is 22.1. The van der Waals surface area contributed by atoms with Crippen molar-refractivity contribution in [3.05, 3.63) is 0 Å². The van der Waals surface area contributed by atoms with Gasteiger partial charge in [-0.25, -0.2) is 0 Å². The summed E-state index contributed by atoms with van der Waals surface area (Å²) in [6, 6.07) is 0. The summed E-state index contributed by atoms with van der Waals surface area (Å²) in [5.41, 5.74) is 5.32. The molecule has 0 unspecified atom stereocenters. The second kappa shape index (κ2) is 11.5. The van der Waals surface area contributed by atoms with Crippen molar-refractivity contribution < 1.29 is 22.0 Å². The number of rotatable bonds is 7. The van der Waals surface area contributed by atoms with Gasteiger partial charge in [0.15, 0.2) is 0 Å². The molecule has 22 heavy (non-hydrogen) atoms. The van der Waals surface area contributed by atoms with Crippen LogP contribution < -0.4 is 5.73 Å². The minimum atomic E-state index is -4.78. The maximum Gasteiger partial charge on any atom is 0.0558 e. The van der Waals surface area contributed by atoms with Crippen molar-refractivity contribution in [2.45, 2.75) is 6.42 Å². The van der Waals surface area contributed by atoms with Crippen LogP contribution in [-0.4, -0.2) is 54.5 Å². The molecule has 0 aromatic heterocycles. The van der Waals surface area contributed by atoms with Crippen LogP contribution in [0.5, 0.6) is 0 Å². The Hall–Kier alpha value is -2.19. The summed E-state index contributed by atoms with van der Waals surface area (Å²) in [6.45, 7) is 3.06. The Morgan fingerprint density at radius 2 is 1.14 bits per heavy atom. The first-order chi connectivity index (χ1) is 10.5. The van der Waals surface area contributed by atoms with E-state index in [9.17, 15) is 0 Å². The maximum absolute atomic E-state index is 8.61. The van der Waals surface area contributed by atoms with Gasteiger partial charge in [-0.05, 0) is 19.5 Å². The van der Waals surface area contributed by atoms with Crippen molar-refractivity contribution in [3.63, 3.8) is 0 Å². The van der Waals surface area contributed by atoms with Crippen molar-refractivity contribution in [1.82, 2.24) is 4.90 Å². The van der Waals surface area contributed by atoms with E-state index in [1.165, 1.54) is 24.8 Å². The normalized spacial score (nSPS) is 11.1. The van der Waals surface area contributed by atoms with Gasteiger partial charge < -0.3 is 15.9 Å². The zero-order valence-corrected chi connectivity index (χ0v) is 13.1. The Balaban J connectivity index is 0. The molecule has 0 spiro atoms. The fourth-order valence-corrected chi connectivity index (χ4v) is 1.66. The van der Waals surface area contributed by atoms with E-state index in [4.69, 9.17) is 42.3 Å². The Bertz CT molecular complexity index is 441. The van der Waals surface area contributed by atoms with Crippen LogP contribution in [0.2, 0.25) is 0 Å². The topological polar surface area (TPSA) is 189 Å². The molecule has 0 rings (SSSR count). The largest absolute Gasteiger partial charge is 0.395 e. The van der Waals surface area contributed by atoms with Crippen molar-refractivity contribution >= 4 is 0 Å². The second-order valence-electron chi connectivity index (χ2n) is 3.71. The molecule has 0 atom stereocenters. The molecule has 0 fully saturated rings. The molecule has 0 aliphatic carbocycles. The molecule has 0 heterocycles. The van der Waals surface area contributed by atoms with Crippen LogP contribution in [0.15, 0.2) is 0 Å². The predicted molar refractivity (Wildman–Crippen MR) is 72.3 cm³/mol. The molecular formula is C12H18FeN7O2. The summed E-state index contributed by atoms with van der Waals surface area (Å²) < 4.78 is 0. The van der Waals surface area contributed by atoms with Crippen LogP contribution in [-0.2, 0) is 11.8 Å². The summed E-state index contributed by atoms with van der Waals surface area (Å²) >= 11 is -4.78. The minimum absolute atomic E-state index is 0.143. The predicted octanol–water partition coefficient (Wildman–Crippen LogP) is -1.30. The van der Waals surface area contributed by atoms with E-state index < -0.39 is 11.8 Å². The van der Waals surface area contributed by atoms with Crippen LogP contribution in [0.3, 0.4) is 0 Å². The van der Waals surface area contributed by atoms with Gasteiger partial charge in [0, 0.05) is 13.1 Å². The third-order valence-corrected chi connectivity index (χ3v) is 4.77. The summed E-state index contributed by atoms with van der Waals surface area (Å²) in [6.07, 6.45) is 0.917. The molecule has 0 saturated heterocycles. The quantitative estimate of drug-likeness (QED) is 0.470. The van der Waals surface area contributed by atoms with Gasteiger partial charge in [-0.2, -0.15) is 0 Å². The summed E-state index contributed by atoms with van der Waals surface area (Å²) in [4.78, 5) is 8.12. The summed E-state index contributed by atoms with van der Waals surface area (Å²) in [5, 5.41) is 59.0. The molecule has 0 saturated carbocycles. The minimum Gasteiger partial charge on any atom is -0.395 e. The van der Waals surface area contributed by atoms with Gasteiger partial charge in [-0.15, -0.1) is 0 Å². The molecule has 0 bridgehead atoms. The van der Waals surface area contributed by atoms with E-state index in [-0.39, 0.29) is 13.2 Å². The Labute approximate surface area is 130 Å². The summed E-state index contributed by atoms with van der Waals surface area (Å²) in [7, 11) is 0. The summed E-state index contributed by atoms with van der Waals surface area (Å²) in [5.74, 6) is 0. The van der Waals surface area contributed by atoms with Gasteiger partial charge in [0.1, 0.15) is 0 Å². The number of aliphatic hydroxyl groups excluding tert-OH is 2. The van der Waals surface area contributed by atoms with Gasteiger partial charge in [0.2, 0.25) is 0 Å². The van der Waals surface area contributed by atoms with Crippen molar-refractivity contribution in [2.75, 3.05) is 39.4 Å². The SMILES string of the molecule is N#[C][Fe]([C]#N)([C]#N)([C]#N)[C]#N.NCCCN(CCO)CCO. The van der Waals surface area contributed by atoms with E-state index in [1.54, 1.807) is 0 Å². The van der Waals surface area contributed by atoms with Gasteiger partial charge in [-0.1, -0.05) is 0 Å². The van der Waals surface area contributed by atoms with Crippen molar-refractivity contribution in [1.29, 1.82) is 26.3 Å². The van der Waals surface area contributed by atoms with Gasteiger partial charge >= 0.3 is 62.9 Å². The number of hydrogen-bond donors (Lipinski definition) is 3. The number of hydrogen-bond acceptors (Lipinski definition) is 9. The van der Waals surface area contributed by atoms with Crippen LogP contribution in [0, 0.1) is 51.1 Å². The molecule has 0 aromatic carbocycles. The Kier molecular flexibility index (Phi) is 11.5. The van der Waals surface area contributed by atoms with E-state index >= 15 is 0 Å². The van der Waals surface area contributed by atoms with E-state index in [1.807, 2.05) is 4.90 Å². The third-order valence-electron chi connectivity index (χ3n) is 2.30. The van der Waals surface area contributed by atoms with Crippen LogP contribution in [0.1, 0.15) is 6.42 Å². The number of nitrogens with zero attached hydrogens (tertiary/aromatic N) is 6. The molecule has 4 N–H and O–H groups in total. The molecule has 0 amide bonds. The molecule has 9 nitrogen and oxygen atoms in total. The number of aliphatic hydroxyl groups is 2. The maximum atomic E-state index is 8.61. The van der Waals surface area contributed by atoms with Crippen LogP contribution in [0.25, 0.3) is 0 Å². The molecule has 0 aromatic rings. The van der Waals surface area contributed by atoms with Gasteiger partial charge in [0.05, 0.1) is 13.2 Å². The smallest absolute Gasteiger partial charge is 0.0558 e. The Morgan fingerprint density at radius 1 is 0.773 bits per heavy atom. The van der Waals surface area contributed by atoms with Crippen LogP contribution >= 0.6 is 0 Å². The number of nitriles is 5. The van der Waals surface area contributed by atoms with E-state index in [0.717, 1.165) is 13.0 Å². The Morgan fingerprint density at radius 3 is 1.32 bits per heavy atom. The van der Waals surface area contributed by atoms with E-state index in [2.05, 4.69) is 0 Å². The van der Waals surface area contributed by atoms with Crippen molar-refractivity contribution in [3.8, 4) is 24.8 Å². The zero-order valence-electron chi connectivity index (χ0n) is 12.0. The first-order valence-corrected chi connectivity index (χ1v) is 8.75. The number of nitrogens with two attached hydrogens (primary N) is 1. The molecule has 0 aliphatic rings. The average molecular weight is 348 g/mol. The third kappa shape index (κ3) is 6.51. The monoisotopic (exact) mass is 348 g/mol. The van der Waals surface area contributed by atoms with Gasteiger partial charge in [0.25, 0.3) is 0 Å². The molecular weight excluding hydrogens is 330 g/mol. The average Bonchev–Trinajstić information content (AvgIpc) is 2.57. The van der Waals surface area contributed by atoms with Gasteiger partial charge in [-0.3, -0.25) is 4.90 Å². The van der Waals surface area contributed by atoms with E-state index in [0.29, 0.717) is 19.6 Å². The molecule has 121 valence electrons. The molecule has 10 heteroatoms. The standard InChI is InChI=1S/C7H18N2O2.5CN.Fe/c8-2-1-3-9(4-6-10)5-7-11;5*1-2;/h10-11H,1-8H2;;;;;;. The second-order valence-corrected chi connectivity index (χ2v) is 7.71. The van der Waals surface area contributed by atoms with Crippen molar-refractivity contribution in [2.24, 2.45) is 5.73 Å². The molecule has 0 aliphatic heterocycles. The first-order valence-electron chi connectivity index (χ1n) is 5.99. The zero-order chi connectivity index (χ0) is 17.5. The molecule has 0 radical (unpaired) electrons. The fourth-order valence-electron chi connectivity index (χ4n) is 1.11.